The molecular weight excluding hydrogens is 218 g/mol. The van der Waals surface area contributed by atoms with E-state index in [1.54, 1.807) is 11.3 Å². The van der Waals surface area contributed by atoms with Crippen LogP contribution >= 0.6 is 11.3 Å². The van der Waals surface area contributed by atoms with Crippen molar-refractivity contribution >= 4 is 17.1 Å². The first-order valence-corrected chi connectivity index (χ1v) is 6.85. The fourth-order valence-electron chi connectivity index (χ4n) is 2.25. The molecule has 0 saturated carbocycles. The summed E-state index contributed by atoms with van der Waals surface area (Å²) in [6, 6.07) is 4.17. The molecule has 16 heavy (non-hydrogen) atoms. The summed E-state index contributed by atoms with van der Waals surface area (Å²) < 4.78 is 0. The van der Waals surface area contributed by atoms with Crippen LogP contribution in [-0.2, 0) is 11.2 Å². The monoisotopic (exact) mass is 237 g/mol. The molecule has 2 heterocycles. The van der Waals surface area contributed by atoms with Gasteiger partial charge in [0.1, 0.15) is 5.78 Å². The van der Waals surface area contributed by atoms with Gasteiger partial charge in [0.2, 0.25) is 0 Å². The van der Waals surface area contributed by atoms with Gasteiger partial charge in [-0.2, -0.15) is 0 Å². The standard InChI is InChI=1S/C13H19NOS/c1-13(6-8-14-9-7-13)12(15)5-4-11-3-2-10-16-11/h2-3,10,14H,4-9H2,1H3. The highest BCUT2D eigenvalue weighted by molar-refractivity contribution is 7.09. The lowest BCUT2D eigenvalue weighted by molar-refractivity contribution is -0.129. The predicted octanol–water partition coefficient (Wildman–Crippen LogP) is 2.64. The number of nitrogens with one attached hydrogen (secondary N) is 1. The number of ketones is 1. The van der Waals surface area contributed by atoms with Crippen LogP contribution in [0, 0.1) is 5.41 Å². The van der Waals surface area contributed by atoms with Crippen molar-refractivity contribution in [3.8, 4) is 0 Å². The number of thiophene rings is 1. The molecule has 1 aromatic heterocycles. The van der Waals surface area contributed by atoms with Crippen LogP contribution in [0.3, 0.4) is 0 Å². The Labute approximate surface area is 101 Å². The molecular formula is C13H19NOS. The number of aryl methyl sites for hydroxylation is 1. The Morgan fingerprint density at radius 1 is 1.50 bits per heavy atom. The number of carbonyl (C=O) groups excluding carboxylic acids is 1. The van der Waals surface area contributed by atoms with E-state index in [1.165, 1.54) is 4.88 Å². The molecule has 1 aliphatic heterocycles. The van der Waals surface area contributed by atoms with Crippen molar-refractivity contribution in [1.82, 2.24) is 5.32 Å². The zero-order valence-corrected chi connectivity index (χ0v) is 10.6. The lowest BCUT2D eigenvalue weighted by Crippen LogP contribution is -2.40. The molecule has 1 saturated heterocycles. The van der Waals surface area contributed by atoms with Crippen LogP contribution in [0.1, 0.15) is 31.1 Å². The Bertz CT molecular complexity index is 339. The normalized spacial score (nSPS) is 19.6. The molecule has 2 nitrogen and oxygen atoms in total. The zero-order valence-electron chi connectivity index (χ0n) is 9.79. The second-order valence-corrected chi connectivity index (χ2v) is 5.85. The van der Waals surface area contributed by atoms with Crippen LogP contribution in [0.25, 0.3) is 0 Å². The third kappa shape index (κ3) is 2.71. The SMILES string of the molecule is CC1(C(=O)CCc2cccs2)CCNCC1. The average molecular weight is 237 g/mol. The minimum Gasteiger partial charge on any atom is -0.317 e. The number of hydrogen-bond donors (Lipinski definition) is 1. The Kier molecular flexibility index (Phi) is 3.77. The molecule has 1 aromatic rings. The molecule has 0 amide bonds. The molecule has 0 aliphatic carbocycles. The van der Waals surface area contributed by atoms with E-state index in [4.69, 9.17) is 0 Å². The van der Waals surface area contributed by atoms with Gasteiger partial charge in [-0.25, -0.2) is 0 Å². The Morgan fingerprint density at radius 3 is 2.88 bits per heavy atom. The van der Waals surface area contributed by atoms with E-state index >= 15 is 0 Å². The summed E-state index contributed by atoms with van der Waals surface area (Å²) in [5.74, 6) is 0.447. The van der Waals surface area contributed by atoms with Crippen molar-refractivity contribution in [1.29, 1.82) is 0 Å². The van der Waals surface area contributed by atoms with Gasteiger partial charge in [-0.15, -0.1) is 11.3 Å². The predicted molar refractivity (Wildman–Crippen MR) is 67.9 cm³/mol. The van der Waals surface area contributed by atoms with Crippen LogP contribution in [0.15, 0.2) is 17.5 Å². The van der Waals surface area contributed by atoms with E-state index in [2.05, 4.69) is 29.8 Å². The summed E-state index contributed by atoms with van der Waals surface area (Å²) in [5, 5.41) is 5.39. The van der Waals surface area contributed by atoms with Gasteiger partial charge in [0.15, 0.2) is 0 Å². The molecule has 1 N–H and O–H groups in total. The molecule has 0 radical (unpaired) electrons. The molecule has 0 atom stereocenters. The third-order valence-corrected chi connectivity index (χ3v) is 4.50. The number of rotatable bonds is 4. The summed E-state index contributed by atoms with van der Waals surface area (Å²) in [6.07, 6.45) is 3.61. The average Bonchev–Trinajstić information content (AvgIpc) is 2.79. The van der Waals surface area contributed by atoms with Gasteiger partial charge in [0.05, 0.1) is 0 Å². The number of Topliss-reactive ketones (excluding diaryl/α,β-unsaturated/α-hetero) is 1. The molecule has 0 aromatic carbocycles. The van der Waals surface area contributed by atoms with Crippen molar-refractivity contribution < 1.29 is 4.79 Å². The Balaban J connectivity index is 1.87. The van der Waals surface area contributed by atoms with Crippen molar-refractivity contribution in [3.05, 3.63) is 22.4 Å². The van der Waals surface area contributed by atoms with Crippen LogP contribution in [-0.4, -0.2) is 18.9 Å². The van der Waals surface area contributed by atoms with E-state index in [9.17, 15) is 4.79 Å². The quantitative estimate of drug-likeness (QED) is 0.872. The molecule has 1 fully saturated rings. The smallest absolute Gasteiger partial charge is 0.139 e. The van der Waals surface area contributed by atoms with E-state index in [0.717, 1.165) is 32.4 Å². The number of piperidine rings is 1. The summed E-state index contributed by atoms with van der Waals surface area (Å²) >= 11 is 1.75. The van der Waals surface area contributed by atoms with Crippen molar-refractivity contribution in [2.24, 2.45) is 5.41 Å². The van der Waals surface area contributed by atoms with Crippen molar-refractivity contribution in [2.45, 2.75) is 32.6 Å². The van der Waals surface area contributed by atoms with Crippen LogP contribution in [0.2, 0.25) is 0 Å². The first-order valence-electron chi connectivity index (χ1n) is 5.97. The summed E-state index contributed by atoms with van der Waals surface area (Å²) in [7, 11) is 0. The van der Waals surface area contributed by atoms with Gasteiger partial charge < -0.3 is 5.32 Å². The van der Waals surface area contributed by atoms with Gasteiger partial charge in [-0.3, -0.25) is 4.79 Å². The summed E-state index contributed by atoms with van der Waals surface area (Å²) in [4.78, 5) is 13.5. The lowest BCUT2D eigenvalue weighted by Gasteiger charge is -2.32. The van der Waals surface area contributed by atoms with Crippen LogP contribution < -0.4 is 5.32 Å². The Hall–Kier alpha value is -0.670. The zero-order chi connectivity index (χ0) is 11.4. The van der Waals surface area contributed by atoms with Crippen molar-refractivity contribution in [3.63, 3.8) is 0 Å². The number of hydrogen-bond acceptors (Lipinski definition) is 3. The van der Waals surface area contributed by atoms with Gasteiger partial charge in [0, 0.05) is 16.7 Å². The van der Waals surface area contributed by atoms with Gasteiger partial charge >= 0.3 is 0 Å². The van der Waals surface area contributed by atoms with E-state index in [-0.39, 0.29) is 5.41 Å². The summed E-state index contributed by atoms with van der Waals surface area (Å²) in [5.41, 5.74) is -0.0670. The first kappa shape index (κ1) is 11.8. The van der Waals surface area contributed by atoms with E-state index < -0.39 is 0 Å². The van der Waals surface area contributed by atoms with Gasteiger partial charge in [-0.1, -0.05) is 13.0 Å². The molecule has 0 spiro atoms. The minimum absolute atomic E-state index is 0.0670. The van der Waals surface area contributed by atoms with Gasteiger partial charge in [0.25, 0.3) is 0 Å². The largest absolute Gasteiger partial charge is 0.317 e. The van der Waals surface area contributed by atoms with Gasteiger partial charge in [-0.05, 0) is 43.8 Å². The highest BCUT2D eigenvalue weighted by Gasteiger charge is 2.33. The third-order valence-electron chi connectivity index (χ3n) is 3.56. The minimum atomic E-state index is -0.0670. The maximum absolute atomic E-state index is 12.2. The highest BCUT2D eigenvalue weighted by Crippen LogP contribution is 2.30. The maximum Gasteiger partial charge on any atom is 0.139 e. The molecule has 88 valence electrons. The van der Waals surface area contributed by atoms with E-state index in [0.29, 0.717) is 12.2 Å². The van der Waals surface area contributed by atoms with E-state index in [1.807, 2.05) is 0 Å². The molecule has 1 aliphatic rings. The molecule has 3 heteroatoms. The van der Waals surface area contributed by atoms with Crippen LogP contribution in [0.4, 0.5) is 0 Å². The fraction of sp³-hybridized carbons (Fsp3) is 0.615. The topological polar surface area (TPSA) is 29.1 Å². The molecule has 2 rings (SSSR count). The van der Waals surface area contributed by atoms with Crippen molar-refractivity contribution in [2.75, 3.05) is 13.1 Å². The number of carbonyl (C=O) groups is 1. The second kappa shape index (κ2) is 5.11. The highest BCUT2D eigenvalue weighted by atomic mass is 32.1. The summed E-state index contributed by atoms with van der Waals surface area (Å²) in [6.45, 7) is 4.10. The fourth-order valence-corrected chi connectivity index (χ4v) is 2.96. The molecule has 0 unspecified atom stereocenters. The molecule has 0 bridgehead atoms. The van der Waals surface area contributed by atoms with Crippen LogP contribution in [0.5, 0.6) is 0 Å². The lowest BCUT2D eigenvalue weighted by atomic mass is 9.76. The first-order chi connectivity index (χ1) is 7.71. The maximum atomic E-state index is 12.2. The Morgan fingerprint density at radius 2 is 2.25 bits per heavy atom. The second-order valence-electron chi connectivity index (χ2n) is 4.81.